The third kappa shape index (κ3) is 3.31. The van der Waals surface area contributed by atoms with Gasteiger partial charge in [-0.05, 0) is 24.3 Å². The SMILES string of the molecule is Cn1cc(C(=O)NNc2cccc(Cl)c2)cc(Cl)c1=O. The fourth-order valence-electron chi connectivity index (χ4n) is 1.56. The number of nitrogens with one attached hydrogen (secondary N) is 2. The summed E-state index contributed by atoms with van der Waals surface area (Å²) in [4.78, 5) is 23.4. The number of amides is 1. The number of carbonyl (C=O) groups excluding carboxylic acids is 1. The number of aromatic nitrogens is 1. The minimum Gasteiger partial charge on any atom is -0.317 e. The first-order valence-electron chi connectivity index (χ1n) is 5.65. The third-order valence-corrected chi connectivity index (χ3v) is 3.05. The van der Waals surface area contributed by atoms with Crippen LogP contribution in [0.2, 0.25) is 10.0 Å². The van der Waals surface area contributed by atoms with Crippen molar-refractivity contribution < 1.29 is 4.79 Å². The van der Waals surface area contributed by atoms with Crippen LogP contribution in [0.25, 0.3) is 0 Å². The molecule has 0 aliphatic heterocycles. The van der Waals surface area contributed by atoms with Gasteiger partial charge >= 0.3 is 0 Å². The van der Waals surface area contributed by atoms with Crippen molar-refractivity contribution in [3.63, 3.8) is 0 Å². The second-order valence-electron chi connectivity index (χ2n) is 4.08. The Kier molecular flexibility index (Phi) is 4.32. The van der Waals surface area contributed by atoms with Gasteiger partial charge in [-0.15, -0.1) is 0 Å². The van der Waals surface area contributed by atoms with Crippen LogP contribution in [0.15, 0.2) is 41.3 Å². The molecule has 0 aliphatic rings. The Balaban J connectivity index is 2.11. The van der Waals surface area contributed by atoms with E-state index in [1.54, 1.807) is 24.3 Å². The number of halogens is 2. The van der Waals surface area contributed by atoms with Gasteiger partial charge in [0.2, 0.25) is 0 Å². The van der Waals surface area contributed by atoms with Crippen molar-refractivity contribution >= 4 is 34.8 Å². The first kappa shape index (κ1) is 14.4. The molecular weight excluding hydrogens is 301 g/mol. The fourth-order valence-corrected chi connectivity index (χ4v) is 2.00. The number of hydrogen-bond acceptors (Lipinski definition) is 3. The molecule has 2 N–H and O–H groups in total. The van der Waals surface area contributed by atoms with Gasteiger partial charge in [0.05, 0.1) is 11.3 Å². The zero-order valence-electron chi connectivity index (χ0n) is 10.5. The number of hydrazine groups is 1. The molecule has 0 bridgehead atoms. The van der Waals surface area contributed by atoms with Gasteiger partial charge in [-0.25, -0.2) is 0 Å². The molecule has 7 heteroatoms. The molecule has 0 fully saturated rings. The van der Waals surface area contributed by atoms with E-state index >= 15 is 0 Å². The second-order valence-corrected chi connectivity index (χ2v) is 4.93. The minimum atomic E-state index is -0.414. The summed E-state index contributed by atoms with van der Waals surface area (Å²) in [6, 6.07) is 8.20. The van der Waals surface area contributed by atoms with Crippen molar-refractivity contribution in [3.8, 4) is 0 Å². The molecule has 1 amide bonds. The predicted octanol–water partition coefficient (Wildman–Crippen LogP) is 2.45. The number of hydrogen-bond donors (Lipinski definition) is 2. The van der Waals surface area contributed by atoms with Crippen LogP contribution < -0.4 is 16.4 Å². The number of benzene rings is 1. The Bertz CT molecular complexity index is 687. The van der Waals surface area contributed by atoms with Crippen molar-refractivity contribution in [1.29, 1.82) is 0 Å². The number of pyridine rings is 1. The molecule has 0 spiro atoms. The van der Waals surface area contributed by atoms with E-state index in [1.165, 1.54) is 23.9 Å². The second kappa shape index (κ2) is 5.98. The normalized spacial score (nSPS) is 10.2. The highest BCUT2D eigenvalue weighted by molar-refractivity contribution is 6.31. The molecule has 1 heterocycles. The Morgan fingerprint density at radius 3 is 2.65 bits per heavy atom. The molecule has 104 valence electrons. The minimum absolute atomic E-state index is 0.0112. The number of aryl methyl sites for hydroxylation is 1. The van der Waals surface area contributed by atoms with Gasteiger partial charge in [-0.3, -0.25) is 20.4 Å². The van der Waals surface area contributed by atoms with E-state index in [0.29, 0.717) is 10.7 Å². The highest BCUT2D eigenvalue weighted by Crippen LogP contribution is 2.14. The van der Waals surface area contributed by atoms with Crippen molar-refractivity contribution in [2.75, 3.05) is 5.43 Å². The summed E-state index contributed by atoms with van der Waals surface area (Å²) < 4.78 is 1.25. The standard InChI is InChI=1S/C13H11Cl2N3O2/c1-18-7-8(5-11(15)13(18)20)12(19)17-16-10-4-2-3-9(14)6-10/h2-7,16H,1H3,(H,17,19). The zero-order valence-corrected chi connectivity index (χ0v) is 12.0. The lowest BCUT2D eigenvalue weighted by molar-refractivity contribution is 0.0962. The average Bonchev–Trinajstić information content (AvgIpc) is 2.41. The topological polar surface area (TPSA) is 63.1 Å². The number of nitrogens with zero attached hydrogens (tertiary/aromatic N) is 1. The van der Waals surface area contributed by atoms with Gasteiger partial charge in [0.25, 0.3) is 11.5 Å². The van der Waals surface area contributed by atoms with E-state index in [-0.39, 0.29) is 16.1 Å². The molecule has 2 rings (SSSR count). The van der Waals surface area contributed by atoms with Crippen LogP contribution in [0.1, 0.15) is 10.4 Å². The first-order valence-corrected chi connectivity index (χ1v) is 6.41. The summed E-state index contributed by atoms with van der Waals surface area (Å²) in [5.41, 5.74) is 5.77. The van der Waals surface area contributed by atoms with Crippen LogP contribution in [0.3, 0.4) is 0 Å². The fraction of sp³-hybridized carbons (Fsp3) is 0.0769. The number of rotatable bonds is 3. The van der Waals surface area contributed by atoms with E-state index in [4.69, 9.17) is 23.2 Å². The Morgan fingerprint density at radius 2 is 2.00 bits per heavy atom. The molecule has 20 heavy (non-hydrogen) atoms. The van der Waals surface area contributed by atoms with E-state index in [0.717, 1.165) is 0 Å². The Labute approximate surface area is 125 Å². The molecule has 0 atom stereocenters. The molecule has 0 radical (unpaired) electrons. The lowest BCUT2D eigenvalue weighted by atomic mass is 10.2. The highest BCUT2D eigenvalue weighted by atomic mass is 35.5. The number of carbonyl (C=O) groups is 1. The van der Waals surface area contributed by atoms with E-state index < -0.39 is 5.91 Å². The summed E-state index contributed by atoms with van der Waals surface area (Å²) >= 11 is 11.6. The summed E-state index contributed by atoms with van der Waals surface area (Å²) in [6.07, 6.45) is 1.41. The molecule has 1 aromatic heterocycles. The molecule has 0 saturated carbocycles. The smallest absolute Gasteiger partial charge is 0.271 e. The van der Waals surface area contributed by atoms with Gasteiger partial charge in [0, 0.05) is 18.3 Å². The lowest BCUT2D eigenvalue weighted by Gasteiger charge is -2.09. The van der Waals surface area contributed by atoms with E-state index in [1.807, 2.05) is 0 Å². The molecule has 0 unspecified atom stereocenters. The Morgan fingerprint density at radius 1 is 1.25 bits per heavy atom. The summed E-state index contributed by atoms with van der Waals surface area (Å²) in [7, 11) is 1.52. The quantitative estimate of drug-likeness (QED) is 0.856. The summed E-state index contributed by atoms with van der Waals surface area (Å²) in [5.74, 6) is -0.414. The zero-order chi connectivity index (χ0) is 14.7. The van der Waals surface area contributed by atoms with E-state index in [2.05, 4.69) is 10.9 Å². The van der Waals surface area contributed by atoms with E-state index in [9.17, 15) is 9.59 Å². The van der Waals surface area contributed by atoms with Gasteiger partial charge in [-0.2, -0.15) is 0 Å². The van der Waals surface area contributed by atoms with Gasteiger partial charge in [0.1, 0.15) is 5.02 Å². The summed E-state index contributed by atoms with van der Waals surface area (Å²) in [5, 5.41) is 0.539. The number of anilines is 1. The van der Waals surface area contributed by atoms with Crippen LogP contribution in [-0.4, -0.2) is 10.5 Å². The molecule has 0 aliphatic carbocycles. The molecule has 0 saturated heterocycles. The maximum Gasteiger partial charge on any atom is 0.271 e. The molecular formula is C13H11Cl2N3O2. The predicted molar refractivity (Wildman–Crippen MR) is 79.2 cm³/mol. The molecule has 5 nitrogen and oxygen atoms in total. The van der Waals surface area contributed by atoms with Crippen molar-refractivity contribution in [3.05, 3.63) is 62.5 Å². The molecule has 1 aromatic carbocycles. The van der Waals surface area contributed by atoms with Crippen molar-refractivity contribution in [1.82, 2.24) is 9.99 Å². The first-order chi connectivity index (χ1) is 9.47. The van der Waals surface area contributed by atoms with Gasteiger partial charge in [0.15, 0.2) is 0 Å². The highest BCUT2D eigenvalue weighted by Gasteiger charge is 2.09. The maximum absolute atomic E-state index is 11.9. The van der Waals surface area contributed by atoms with Crippen LogP contribution in [0.5, 0.6) is 0 Å². The van der Waals surface area contributed by atoms with Crippen LogP contribution in [0, 0.1) is 0 Å². The third-order valence-electron chi connectivity index (χ3n) is 2.55. The van der Waals surface area contributed by atoms with Crippen molar-refractivity contribution in [2.24, 2.45) is 7.05 Å². The van der Waals surface area contributed by atoms with Gasteiger partial charge in [-0.1, -0.05) is 29.3 Å². The Hall–Kier alpha value is -1.98. The maximum atomic E-state index is 11.9. The van der Waals surface area contributed by atoms with Crippen LogP contribution in [0.4, 0.5) is 5.69 Å². The van der Waals surface area contributed by atoms with Crippen molar-refractivity contribution in [2.45, 2.75) is 0 Å². The molecule has 2 aromatic rings. The monoisotopic (exact) mass is 311 g/mol. The average molecular weight is 312 g/mol. The van der Waals surface area contributed by atoms with Gasteiger partial charge < -0.3 is 4.57 Å². The van der Waals surface area contributed by atoms with Crippen LogP contribution >= 0.6 is 23.2 Å². The lowest BCUT2D eigenvalue weighted by Crippen LogP contribution is -2.30. The summed E-state index contributed by atoms with van der Waals surface area (Å²) in [6.45, 7) is 0. The van der Waals surface area contributed by atoms with Crippen LogP contribution in [-0.2, 0) is 7.05 Å². The largest absolute Gasteiger partial charge is 0.317 e.